The zero-order valence-corrected chi connectivity index (χ0v) is 11.7. The van der Waals surface area contributed by atoms with E-state index < -0.39 is 0 Å². The van der Waals surface area contributed by atoms with Crippen molar-refractivity contribution in [3.05, 3.63) is 36.9 Å². The largest absolute Gasteiger partial charge is 0.335 e. The summed E-state index contributed by atoms with van der Waals surface area (Å²) in [6.07, 6.45) is 3.98. The van der Waals surface area contributed by atoms with Crippen molar-refractivity contribution in [2.24, 2.45) is 7.05 Å². The van der Waals surface area contributed by atoms with Crippen LogP contribution in [0.15, 0.2) is 24.4 Å². The SMILES string of the molecule is C[CH-]C.Cn1cc2c[c-]ccc2n1.[Y]. The van der Waals surface area contributed by atoms with Gasteiger partial charge in [0.25, 0.3) is 0 Å². The van der Waals surface area contributed by atoms with Crippen LogP contribution in [0.4, 0.5) is 0 Å². The number of hydrogen-bond donors (Lipinski definition) is 0. The molecule has 2 aromatic rings. The van der Waals surface area contributed by atoms with E-state index >= 15 is 0 Å². The molecule has 0 amide bonds. The molecule has 1 aromatic carbocycles. The van der Waals surface area contributed by atoms with E-state index in [1.807, 2.05) is 51.7 Å². The third-order valence-corrected chi connectivity index (χ3v) is 1.46. The second-order valence-corrected chi connectivity index (χ2v) is 2.87. The molecule has 0 aliphatic rings. The van der Waals surface area contributed by atoms with Crippen LogP contribution >= 0.6 is 0 Å². The van der Waals surface area contributed by atoms with Gasteiger partial charge in [0.15, 0.2) is 0 Å². The van der Waals surface area contributed by atoms with Crippen LogP contribution in [0, 0.1) is 12.5 Å². The maximum Gasteiger partial charge on any atom is 0.0284 e. The van der Waals surface area contributed by atoms with E-state index in [0.29, 0.717) is 0 Å². The molecule has 0 aliphatic carbocycles. The van der Waals surface area contributed by atoms with E-state index in [0.717, 1.165) is 10.9 Å². The van der Waals surface area contributed by atoms with Crippen molar-refractivity contribution in [3.63, 3.8) is 0 Å². The molecule has 0 unspecified atom stereocenters. The quantitative estimate of drug-likeness (QED) is 0.668. The predicted molar refractivity (Wildman–Crippen MR) is 55.2 cm³/mol. The molecule has 0 saturated heterocycles. The third kappa shape index (κ3) is 3.89. The van der Waals surface area contributed by atoms with E-state index in [-0.39, 0.29) is 32.7 Å². The van der Waals surface area contributed by atoms with E-state index in [2.05, 4.69) is 11.2 Å². The van der Waals surface area contributed by atoms with Gasteiger partial charge in [-0.1, -0.05) is 5.39 Å². The molecule has 0 fully saturated rings. The molecule has 73 valence electrons. The number of hydrogen-bond acceptors (Lipinski definition) is 1. The molecular weight excluding hydrogens is 249 g/mol. The van der Waals surface area contributed by atoms with Gasteiger partial charge in [-0.25, -0.2) is 5.10 Å². The first-order chi connectivity index (χ1) is 6.27. The number of fused-ring (bicyclic) bond motifs is 1. The Morgan fingerprint density at radius 3 is 2.64 bits per heavy atom. The van der Waals surface area contributed by atoms with Gasteiger partial charge >= 0.3 is 0 Å². The standard InChI is InChI=1S/C8H7N2.C3H7.Y/c1-10-6-7-4-2-3-5-8(7)9-10;1-3-2;/h3-6H,1H3;3H,1-2H3;/q2*-1;. The molecule has 1 aromatic heterocycles. The number of nitrogens with zero attached hydrogens (tertiary/aromatic N) is 2. The molecule has 0 atom stereocenters. The predicted octanol–water partition coefficient (Wildman–Crippen LogP) is 2.60. The molecule has 2 rings (SSSR count). The minimum atomic E-state index is 0. The van der Waals surface area contributed by atoms with Crippen molar-refractivity contribution in [2.45, 2.75) is 13.8 Å². The number of aryl methyl sites for hydroxylation is 1. The van der Waals surface area contributed by atoms with Gasteiger partial charge in [-0.05, 0) is 11.7 Å². The number of rotatable bonds is 0. The Bertz CT molecular complexity index is 335. The smallest absolute Gasteiger partial charge is 0.0284 e. The van der Waals surface area contributed by atoms with Crippen molar-refractivity contribution >= 4 is 10.9 Å². The average Bonchev–Trinajstić information content (AvgIpc) is 2.45. The molecule has 0 saturated carbocycles. The summed E-state index contributed by atoms with van der Waals surface area (Å²) in [6, 6.07) is 8.75. The second kappa shape index (κ2) is 7.13. The Morgan fingerprint density at radius 1 is 1.43 bits per heavy atom. The van der Waals surface area contributed by atoms with Crippen molar-refractivity contribution in [1.82, 2.24) is 9.78 Å². The van der Waals surface area contributed by atoms with Crippen molar-refractivity contribution in [3.8, 4) is 0 Å². The first-order valence-electron chi connectivity index (χ1n) is 4.31. The topological polar surface area (TPSA) is 17.8 Å². The maximum absolute atomic E-state index is 4.21. The van der Waals surface area contributed by atoms with E-state index in [4.69, 9.17) is 0 Å². The van der Waals surface area contributed by atoms with Crippen LogP contribution < -0.4 is 0 Å². The minimum Gasteiger partial charge on any atom is -0.335 e. The van der Waals surface area contributed by atoms with Gasteiger partial charge in [-0.3, -0.25) is 4.68 Å². The monoisotopic (exact) mass is 263 g/mol. The van der Waals surface area contributed by atoms with E-state index in [9.17, 15) is 0 Å². The molecule has 1 heterocycles. The minimum absolute atomic E-state index is 0. The number of aromatic nitrogens is 2. The molecule has 0 bridgehead atoms. The van der Waals surface area contributed by atoms with Crippen LogP contribution in [-0.4, -0.2) is 9.78 Å². The Balaban J connectivity index is 0.000000381. The first kappa shape index (κ1) is 13.8. The average molecular weight is 263 g/mol. The Morgan fingerprint density at radius 2 is 2.07 bits per heavy atom. The van der Waals surface area contributed by atoms with Gasteiger partial charge in [0.05, 0.1) is 0 Å². The molecule has 3 heteroatoms. The van der Waals surface area contributed by atoms with Gasteiger partial charge in [-0.15, -0.1) is 6.07 Å². The molecule has 0 aliphatic heterocycles. The first-order valence-corrected chi connectivity index (χ1v) is 4.31. The molecule has 14 heavy (non-hydrogen) atoms. The van der Waals surface area contributed by atoms with Crippen LogP contribution in [0.1, 0.15) is 13.8 Å². The summed E-state index contributed by atoms with van der Waals surface area (Å²) in [5.74, 6) is 0. The van der Waals surface area contributed by atoms with E-state index in [1.165, 1.54) is 0 Å². The summed E-state index contributed by atoms with van der Waals surface area (Å²) in [5, 5.41) is 5.35. The normalized spacial score (nSPS) is 8.79. The molecule has 1 radical (unpaired) electrons. The molecular formula is C11H14N2Y-2. The van der Waals surface area contributed by atoms with Crippen molar-refractivity contribution < 1.29 is 32.7 Å². The summed E-state index contributed by atoms with van der Waals surface area (Å²) >= 11 is 0. The van der Waals surface area contributed by atoms with Gasteiger partial charge in [-0.2, -0.15) is 32.0 Å². The van der Waals surface area contributed by atoms with Crippen LogP contribution in [0.3, 0.4) is 0 Å². The Labute approximate surface area is 111 Å². The van der Waals surface area contributed by atoms with Gasteiger partial charge in [0.1, 0.15) is 0 Å². The Hall–Kier alpha value is -0.206. The summed E-state index contributed by atoms with van der Waals surface area (Å²) in [5.41, 5.74) is 1.03. The van der Waals surface area contributed by atoms with Crippen LogP contribution in [0.2, 0.25) is 0 Å². The Kier molecular flexibility index (Phi) is 7.03. The zero-order valence-electron chi connectivity index (χ0n) is 8.86. The van der Waals surface area contributed by atoms with E-state index in [1.54, 1.807) is 4.68 Å². The maximum atomic E-state index is 4.21. The third-order valence-electron chi connectivity index (χ3n) is 1.46. The summed E-state index contributed by atoms with van der Waals surface area (Å²) in [6.45, 7) is 4.00. The van der Waals surface area contributed by atoms with Crippen LogP contribution in [0.5, 0.6) is 0 Å². The summed E-state index contributed by atoms with van der Waals surface area (Å²) in [7, 11) is 1.92. The number of benzene rings is 1. The molecule has 0 spiro atoms. The van der Waals surface area contributed by atoms with Crippen LogP contribution in [-0.2, 0) is 39.8 Å². The van der Waals surface area contributed by atoms with Gasteiger partial charge in [0.2, 0.25) is 0 Å². The fourth-order valence-corrected chi connectivity index (χ4v) is 1.03. The van der Waals surface area contributed by atoms with Gasteiger partial charge in [0, 0.05) is 39.8 Å². The fraction of sp³-hybridized carbons (Fsp3) is 0.273. The van der Waals surface area contributed by atoms with Gasteiger partial charge < -0.3 is 6.42 Å². The fourth-order valence-electron chi connectivity index (χ4n) is 1.03. The second-order valence-electron chi connectivity index (χ2n) is 2.87. The van der Waals surface area contributed by atoms with Crippen molar-refractivity contribution in [2.75, 3.05) is 0 Å². The summed E-state index contributed by atoms with van der Waals surface area (Å²) < 4.78 is 1.80. The molecule has 2 nitrogen and oxygen atoms in total. The van der Waals surface area contributed by atoms with Crippen molar-refractivity contribution in [1.29, 1.82) is 0 Å². The summed E-state index contributed by atoms with van der Waals surface area (Å²) in [4.78, 5) is 0. The molecule has 0 N–H and O–H groups in total. The zero-order chi connectivity index (χ0) is 9.68. The van der Waals surface area contributed by atoms with Crippen LogP contribution in [0.25, 0.3) is 10.9 Å².